The summed E-state index contributed by atoms with van der Waals surface area (Å²) >= 11 is 6.02. The van der Waals surface area contributed by atoms with E-state index in [1.807, 2.05) is 32.0 Å². The zero-order valence-corrected chi connectivity index (χ0v) is 17.8. The van der Waals surface area contributed by atoms with Crippen LogP contribution >= 0.6 is 11.6 Å². The van der Waals surface area contributed by atoms with Crippen molar-refractivity contribution >= 4 is 29.7 Å². The molecular weight excluding hydrogens is 416 g/mol. The summed E-state index contributed by atoms with van der Waals surface area (Å²) in [7, 11) is 0. The average molecular weight is 437 g/mol. The number of ether oxygens (including phenoxy) is 2. The lowest BCUT2D eigenvalue weighted by atomic mass is 10.1. The maximum absolute atomic E-state index is 12.3. The van der Waals surface area contributed by atoms with E-state index in [0.717, 1.165) is 11.1 Å². The number of nitrogens with zero attached hydrogens (tertiary/aromatic N) is 1. The highest BCUT2D eigenvalue weighted by Gasteiger charge is 2.12. The molecule has 0 radical (unpaired) electrons. The number of nitrogens with one attached hydrogen (secondary N) is 1. The van der Waals surface area contributed by atoms with Gasteiger partial charge < -0.3 is 9.47 Å². The molecule has 3 aromatic rings. The SMILES string of the molecule is Cc1cccc(C)c1OCC(=O)N/N=C\c1cccc(OC(=O)c2ccccc2Cl)c1. The van der Waals surface area contributed by atoms with Crippen molar-refractivity contribution in [1.29, 1.82) is 0 Å². The van der Waals surface area contributed by atoms with Crippen LogP contribution in [0.3, 0.4) is 0 Å². The number of hydrogen-bond acceptors (Lipinski definition) is 5. The smallest absolute Gasteiger partial charge is 0.345 e. The van der Waals surface area contributed by atoms with Crippen LogP contribution in [-0.4, -0.2) is 24.7 Å². The summed E-state index contributed by atoms with van der Waals surface area (Å²) in [4.78, 5) is 24.3. The fraction of sp³-hybridized carbons (Fsp3) is 0.125. The van der Waals surface area contributed by atoms with Crippen LogP contribution in [0.5, 0.6) is 11.5 Å². The maximum Gasteiger partial charge on any atom is 0.345 e. The predicted octanol–water partition coefficient (Wildman–Crippen LogP) is 4.71. The minimum absolute atomic E-state index is 0.154. The molecule has 0 aliphatic heterocycles. The number of aryl methyl sites for hydroxylation is 2. The van der Waals surface area contributed by atoms with Crippen LogP contribution in [0.25, 0.3) is 0 Å². The largest absolute Gasteiger partial charge is 0.483 e. The molecule has 0 aliphatic rings. The first-order valence-corrected chi connectivity index (χ1v) is 9.89. The topological polar surface area (TPSA) is 77.0 Å². The molecular formula is C24H21ClN2O4. The van der Waals surface area contributed by atoms with E-state index in [1.54, 1.807) is 48.5 Å². The van der Waals surface area contributed by atoms with E-state index < -0.39 is 5.97 Å². The number of rotatable bonds is 7. The minimum atomic E-state index is -0.559. The van der Waals surface area contributed by atoms with Gasteiger partial charge in [-0.1, -0.05) is 54.1 Å². The first kappa shape index (κ1) is 22.1. The second kappa shape index (κ2) is 10.4. The molecule has 0 saturated carbocycles. The third kappa shape index (κ3) is 6.17. The summed E-state index contributed by atoms with van der Waals surface area (Å²) in [6, 6.07) is 19.2. The molecule has 3 aromatic carbocycles. The molecule has 1 amide bonds. The maximum atomic E-state index is 12.3. The lowest BCUT2D eigenvalue weighted by molar-refractivity contribution is -0.123. The van der Waals surface area contributed by atoms with Crippen molar-refractivity contribution in [2.24, 2.45) is 5.10 Å². The Labute approximate surface area is 185 Å². The van der Waals surface area contributed by atoms with Crippen LogP contribution in [0.15, 0.2) is 71.8 Å². The Hall–Kier alpha value is -3.64. The van der Waals surface area contributed by atoms with Gasteiger partial charge in [-0.25, -0.2) is 10.2 Å². The third-order valence-electron chi connectivity index (χ3n) is 4.32. The molecule has 0 atom stereocenters. The number of esters is 1. The Bertz CT molecular complexity index is 1110. The van der Waals surface area contributed by atoms with Crippen molar-refractivity contribution in [2.75, 3.05) is 6.61 Å². The standard InChI is InChI=1S/C24H21ClN2O4/c1-16-7-5-8-17(2)23(16)30-15-22(28)27-26-14-18-9-6-10-19(13-18)31-24(29)20-11-3-4-12-21(20)25/h3-14H,15H2,1-2H3,(H,27,28)/b26-14-. The Morgan fingerprint density at radius 2 is 1.71 bits per heavy atom. The van der Waals surface area contributed by atoms with E-state index in [2.05, 4.69) is 10.5 Å². The second-order valence-electron chi connectivity index (χ2n) is 6.74. The van der Waals surface area contributed by atoms with Gasteiger partial charge in [0.25, 0.3) is 5.91 Å². The Kier molecular flexibility index (Phi) is 7.40. The van der Waals surface area contributed by atoms with Crippen molar-refractivity contribution < 1.29 is 19.1 Å². The monoisotopic (exact) mass is 436 g/mol. The minimum Gasteiger partial charge on any atom is -0.483 e. The molecule has 158 valence electrons. The van der Waals surface area contributed by atoms with Gasteiger partial charge in [0, 0.05) is 0 Å². The first-order chi connectivity index (χ1) is 14.9. The predicted molar refractivity (Wildman–Crippen MR) is 120 cm³/mol. The molecule has 6 nitrogen and oxygen atoms in total. The molecule has 3 rings (SSSR count). The normalized spacial score (nSPS) is 10.7. The first-order valence-electron chi connectivity index (χ1n) is 9.52. The third-order valence-corrected chi connectivity index (χ3v) is 4.65. The average Bonchev–Trinajstić information content (AvgIpc) is 2.74. The van der Waals surface area contributed by atoms with Crippen LogP contribution in [0.4, 0.5) is 0 Å². The van der Waals surface area contributed by atoms with Gasteiger partial charge >= 0.3 is 5.97 Å². The molecule has 0 bridgehead atoms. The second-order valence-corrected chi connectivity index (χ2v) is 7.15. The van der Waals surface area contributed by atoms with Crippen molar-refractivity contribution in [3.8, 4) is 11.5 Å². The van der Waals surface area contributed by atoms with E-state index in [9.17, 15) is 9.59 Å². The molecule has 0 aromatic heterocycles. The summed E-state index contributed by atoms with van der Waals surface area (Å²) in [5.74, 6) is 0.0741. The zero-order chi connectivity index (χ0) is 22.2. The van der Waals surface area contributed by atoms with Gasteiger partial charge in [-0.05, 0) is 54.8 Å². The molecule has 0 spiro atoms. The highest BCUT2D eigenvalue weighted by molar-refractivity contribution is 6.33. The molecule has 0 fully saturated rings. The van der Waals surface area contributed by atoms with E-state index in [0.29, 0.717) is 22.1 Å². The Morgan fingerprint density at radius 1 is 1.00 bits per heavy atom. The fourth-order valence-electron chi connectivity index (χ4n) is 2.82. The number of benzene rings is 3. The lowest BCUT2D eigenvalue weighted by Crippen LogP contribution is -2.25. The molecule has 0 saturated heterocycles. The number of halogens is 1. The summed E-state index contributed by atoms with van der Waals surface area (Å²) in [5, 5.41) is 4.24. The molecule has 0 unspecified atom stereocenters. The molecule has 31 heavy (non-hydrogen) atoms. The summed E-state index contributed by atoms with van der Waals surface area (Å²) < 4.78 is 11.0. The Morgan fingerprint density at radius 3 is 2.45 bits per heavy atom. The molecule has 1 N–H and O–H groups in total. The van der Waals surface area contributed by atoms with Crippen molar-refractivity contribution in [1.82, 2.24) is 5.43 Å². The number of carbonyl (C=O) groups excluding carboxylic acids is 2. The molecule has 0 aliphatic carbocycles. The molecule has 7 heteroatoms. The van der Waals surface area contributed by atoms with Gasteiger partial charge in [-0.3, -0.25) is 4.79 Å². The van der Waals surface area contributed by atoms with Crippen molar-refractivity contribution in [2.45, 2.75) is 13.8 Å². The van der Waals surface area contributed by atoms with Crippen LogP contribution in [0.2, 0.25) is 5.02 Å². The highest BCUT2D eigenvalue weighted by atomic mass is 35.5. The van der Waals surface area contributed by atoms with Gasteiger partial charge in [-0.15, -0.1) is 0 Å². The lowest BCUT2D eigenvalue weighted by Gasteiger charge is -2.10. The zero-order valence-electron chi connectivity index (χ0n) is 17.1. The van der Waals surface area contributed by atoms with Gasteiger partial charge in [0.1, 0.15) is 11.5 Å². The van der Waals surface area contributed by atoms with Crippen molar-refractivity contribution in [3.63, 3.8) is 0 Å². The van der Waals surface area contributed by atoms with Gasteiger partial charge in [-0.2, -0.15) is 5.10 Å². The highest BCUT2D eigenvalue weighted by Crippen LogP contribution is 2.22. The number of hydrazone groups is 1. The van der Waals surface area contributed by atoms with E-state index >= 15 is 0 Å². The summed E-state index contributed by atoms with van der Waals surface area (Å²) in [6.07, 6.45) is 1.45. The van der Waals surface area contributed by atoms with E-state index in [1.165, 1.54) is 6.21 Å². The van der Waals surface area contributed by atoms with Gasteiger partial charge in [0.05, 0.1) is 16.8 Å². The van der Waals surface area contributed by atoms with E-state index in [4.69, 9.17) is 21.1 Å². The fourth-order valence-corrected chi connectivity index (χ4v) is 3.04. The van der Waals surface area contributed by atoms with Crippen LogP contribution in [-0.2, 0) is 4.79 Å². The van der Waals surface area contributed by atoms with Gasteiger partial charge in [0.15, 0.2) is 6.61 Å². The summed E-state index contributed by atoms with van der Waals surface area (Å²) in [6.45, 7) is 3.69. The van der Waals surface area contributed by atoms with Crippen LogP contribution in [0.1, 0.15) is 27.0 Å². The summed E-state index contributed by atoms with van der Waals surface area (Å²) in [5.41, 5.74) is 5.25. The van der Waals surface area contributed by atoms with Crippen molar-refractivity contribution in [3.05, 3.63) is 94.0 Å². The molecule has 0 heterocycles. The quantitative estimate of drug-likeness (QED) is 0.252. The Balaban J connectivity index is 1.55. The number of carbonyl (C=O) groups is 2. The van der Waals surface area contributed by atoms with E-state index in [-0.39, 0.29) is 18.1 Å². The number of amides is 1. The number of hydrogen-bond donors (Lipinski definition) is 1. The van der Waals surface area contributed by atoms with Gasteiger partial charge in [0.2, 0.25) is 0 Å². The van der Waals surface area contributed by atoms with Crippen LogP contribution < -0.4 is 14.9 Å². The number of para-hydroxylation sites is 1. The van der Waals surface area contributed by atoms with Crippen LogP contribution in [0, 0.1) is 13.8 Å².